The monoisotopic (exact) mass is 422 g/mol. The molecule has 5 N–H and O–H groups in total. The van der Waals surface area contributed by atoms with Crippen LogP contribution < -0.4 is 16.9 Å². The molecule has 0 heterocycles. The number of alkyl halides is 3. The number of nitrogens with two attached hydrogens (primary N) is 2. The maximum absolute atomic E-state index is 12.7. The Morgan fingerprint density at radius 3 is 2.23 bits per heavy atom. The van der Waals surface area contributed by atoms with Crippen LogP contribution in [0.25, 0.3) is 0 Å². The zero-order chi connectivity index (χ0) is 22.3. The van der Waals surface area contributed by atoms with Gasteiger partial charge in [-0.15, -0.1) is 5.10 Å². The Kier molecular flexibility index (Phi) is 7.65. The van der Waals surface area contributed by atoms with Gasteiger partial charge in [0.25, 0.3) is 0 Å². The molecule has 0 saturated carbocycles. The number of hydrogen-bond acceptors (Lipinski definition) is 5. The summed E-state index contributed by atoms with van der Waals surface area (Å²) >= 11 is 0. The topological polar surface area (TPSA) is 100.0 Å². The number of hydrazine groups is 1. The largest absolute Gasteiger partial charge is 0.416 e. The lowest BCUT2D eigenvalue weighted by Gasteiger charge is -2.21. The quantitative estimate of drug-likeness (QED) is 0.263. The van der Waals surface area contributed by atoms with E-state index in [0.29, 0.717) is 30.0 Å². The molecule has 2 aromatic rings. The molecule has 10 heteroatoms. The fourth-order valence-corrected chi connectivity index (χ4v) is 2.76. The summed E-state index contributed by atoms with van der Waals surface area (Å²) in [6.07, 6.45) is -4.40. The summed E-state index contributed by atoms with van der Waals surface area (Å²) in [4.78, 5) is 13.8. The van der Waals surface area contributed by atoms with E-state index in [0.717, 1.165) is 17.3 Å². The van der Waals surface area contributed by atoms with Gasteiger partial charge in [-0.3, -0.25) is 4.79 Å². The summed E-state index contributed by atoms with van der Waals surface area (Å²) in [6, 6.07) is 11.5. The van der Waals surface area contributed by atoms with Crippen molar-refractivity contribution in [3.8, 4) is 0 Å². The standard InChI is InChI=1S/C20H25F3N6O/c1-3-28(4-2)18(30)13-29(25)27-19(24)16-7-5-6-8-17(16)26-15-11-9-14(10-12-15)20(21,22)23/h5-12,26H,3-4,13,25H2,1-2H3,(H2,24,27). The minimum absolute atomic E-state index is 0.0554. The lowest BCUT2D eigenvalue weighted by Crippen LogP contribution is -2.41. The van der Waals surface area contributed by atoms with E-state index in [1.54, 1.807) is 29.2 Å². The second kappa shape index (κ2) is 9.97. The number of amidine groups is 1. The lowest BCUT2D eigenvalue weighted by atomic mass is 10.1. The van der Waals surface area contributed by atoms with Crippen LogP contribution in [0, 0.1) is 0 Å². The number of hydrazone groups is 1. The fraction of sp³-hybridized carbons (Fsp3) is 0.300. The summed E-state index contributed by atoms with van der Waals surface area (Å²) in [7, 11) is 0. The van der Waals surface area contributed by atoms with Gasteiger partial charge in [-0.05, 0) is 50.2 Å². The van der Waals surface area contributed by atoms with Crippen molar-refractivity contribution >= 4 is 23.1 Å². The molecular weight excluding hydrogens is 397 g/mol. The van der Waals surface area contributed by atoms with E-state index in [2.05, 4.69) is 10.4 Å². The molecule has 0 aliphatic carbocycles. The maximum atomic E-state index is 12.7. The summed E-state index contributed by atoms with van der Waals surface area (Å²) < 4.78 is 38.2. The van der Waals surface area contributed by atoms with Gasteiger partial charge in [0.05, 0.1) is 5.56 Å². The molecule has 30 heavy (non-hydrogen) atoms. The molecule has 1 amide bonds. The molecule has 0 unspecified atom stereocenters. The number of benzene rings is 2. The third-order valence-corrected chi connectivity index (χ3v) is 4.34. The van der Waals surface area contributed by atoms with Crippen LogP contribution in [0.1, 0.15) is 25.0 Å². The predicted molar refractivity (Wildman–Crippen MR) is 111 cm³/mol. The first-order valence-corrected chi connectivity index (χ1v) is 9.33. The zero-order valence-electron chi connectivity index (χ0n) is 16.8. The first kappa shape index (κ1) is 23.0. The van der Waals surface area contributed by atoms with Gasteiger partial charge in [0.15, 0.2) is 5.84 Å². The highest BCUT2D eigenvalue weighted by Gasteiger charge is 2.29. The summed E-state index contributed by atoms with van der Waals surface area (Å²) in [6.45, 7) is 4.70. The van der Waals surface area contributed by atoms with Crippen molar-refractivity contribution < 1.29 is 18.0 Å². The second-order valence-corrected chi connectivity index (χ2v) is 6.39. The molecule has 0 aliphatic rings. The van der Waals surface area contributed by atoms with Gasteiger partial charge in [0.1, 0.15) is 6.54 Å². The van der Waals surface area contributed by atoms with E-state index in [9.17, 15) is 18.0 Å². The van der Waals surface area contributed by atoms with Gasteiger partial charge >= 0.3 is 6.18 Å². The fourth-order valence-electron chi connectivity index (χ4n) is 2.76. The highest BCUT2D eigenvalue weighted by atomic mass is 19.4. The number of anilines is 2. The molecule has 162 valence electrons. The highest BCUT2D eigenvalue weighted by Crippen LogP contribution is 2.30. The minimum Gasteiger partial charge on any atom is -0.382 e. The molecular formula is C20H25F3N6O. The van der Waals surface area contributed by atoms with Gasteiger partial charge in [0.2, 0.25) is 5.91 Å². The van der Waals surface area contributed by atoms with E-state index < -0.39 is 11.7 Å². The number of para-hydroxylation sites is 1. The van der Waals surface area contributed by atoms with Crippen LogP contribution in [0.2, 0.25) is 0 Å². The average molecular weight is 422 g/mol. The number of carbonyl (C=O) groups excluding carboxylic acids is 1. The smallest absolute Gasteiger partial charge is 0.382 e. The summed E-state index contributed by atoms with van der Waals surface area (Å²) in [5.74, 6) is 5.68. The Bertz CT molecular complexity index is 879. The van der Waals surface area contributed by atoms with Crippen LogP contribution in [0.5, 0.6) is 0 Å². The van der Waals surface area contributed by atoms with E-state index in [1.807, 2.05) is 13.8 Å². The summed E-state index contributed by atoms with van der Waals surface area (Å²) in [5.41, 5.74) is 6.79. The molecule has 7 nitrogen and oxygen atoms in total. The Morgan fingerprint density at radius 1 is 1.07 bits per heavy atom. The van der Waals surface area contributed by atoms with E-state index in [1.165, 1.54) is 12.1 Å². The Labute approximate surface area is 173 Å². The lowest BCUT2D eigenvalue weighted by molar-refractivity contribution is -0.137. The van der Waals surface area contributed by atoms with Crippen molar-refractivity contribution in [3.05, 3.63) is 59.7 Å². The zero-order valence-corrected chi connectivity index (χ0v) is 16.8. The van der Waals surface area contributed by atoms with Gasteiger partial charge in [-0.1, -0.05) is 12.1 Å². The third-order valence-electron chi connectivity index (χ3n) is 4.34. The van der Waals surface area contributed by atoms with Crippen LogP contribution >= 0.6 is 0 Å². The van der Waals surface area contributed by atoms with Gasteiger partial charge in [-0.2, -0.15) is 13.2 Å². The Morgan fingerprint density at radius 2 is 1.67 bits per heavy atom. The van der Waals surface area contributed by atoms with Crippen molar-refractivity contribution in [3.63, 3.8) is 0 Å². The van der Waals surface area contributed by atoms with Crippen LogP contribution in [0.4, 0.5) is 24.5 Å². The minimum atomic E-state index is -4.40. The van der Waals surface area contributed by atoms with E-state index in [4.69, 9.17) is 11.6 Å². The average Bonchev–Trinajstić information content (AvgIpc) is 2.69. The first-order valence-electron chi connectivity index (χ1n) is 9.33. The number of nitrogens with zero attached hydrogens (tertiary/aromatic N) is 3. The maximum Gasteiger partial charge on any atom is 0.416 e. The molecule has 0 bridgehead atoms. The van der Waals surface area contributed by atoms with Crippen molar-refractivity contribution in [2.75, 3.05) is 25.0 Å². The Balaban J connectivity index is 2.17. The van der Waals surface area contributed by atoms with Crippen LogP contribution in [-0.4, -0.2) is 41.4 Å². The van der Waals surface area contributed by atoms with Crippen LogP contribution in [0.3, 0.4) is 0 Å². The normalized spacial score (nSPS) is 11.9. The number of rotatable bonds is 8. The molecule has 0 saturated heterocycles. The first-order chi connectivity index (χ1) is 14.2. The van der Waals surface area contributed by atoms with Crippen LogP contribution in [0.15, 0.2) is 53.6 Å². The second-order valence-electron chi connectivity index (χ2n) is 6.39. The number of halogens is 3. The van der Waals surface area contributed by atoms with Crippen molar-refractivity contribution in [2.45, 2.75) is 20.0 Å². The van der Waals surface area contributed by atoms with Gasteiger partial charge in [-0.25, -0.2) is 11.0 Å². The molecule has 0 fully saturated rings. The number of nitrogens with one attached hydrogen (secondary N) is 1. The molecule has 0 aliphatic heterocycles. The van der Waals surface area contributed by atoms with Crippen molar-refractivity contribution in [1.82, 2.24) is 10.0 Å². The molecule has 2 rings (SSSR count). The molecule has 0 aromatic heterocycles. The molecule has 2 aromatic carbocycles. The van der Waals surface area contributed by atoms with Crippen LogP contribution in [-0.2, 0) is 11.0 Å². The molecule has 0 atom stereocenters. The number of likely N-dealkylation sites (N-methyl/N-ethyl adjacent to an activating group) is 1. The van der Waals surface area contributed by atoms with Crippen molar-refractivity contribution in [2.24, 2.45) is 16.7 Å². The van der Waals surface area contributed by atoms with Crippen molar-refractivity contribution in [1.29, 1.82) is 0 Å². The molecule has 0 spiro atoms. The van der Waals surface area contributed by atoms with E-state index >= 15 is 0 Å². The van der Waals surface area contributed by atoms with E-state index in [-0.39, 0.29) is 18.3 Å². The highest BCUT2D eigenvalue weighted by molar-refractivity contribution is 6.02. The SMILES string of the molecule is CCN(CC)C(=O)CN(N)/N=C(\N)c1ccccc1Nc1ccc(C(F)(F)F)cc1. The number of amides is 1. The number of carbonyl (C=O) groups is 1. The third kappa shape index (κ3) is 6.11. The van der Waals surface area contributed by atoms with Gasteiger partial charge < -0.3 is 16.0 Å². The Hall–Kier alpha value is -3.27. The number of hydrogen-bond donors (Lipinski definition) is 3. The van der Waals surface area contributed by atoms with Gasteiger partial charge in [0, 0.05) is 30.0 Å². The predicted octanol–water partition coefficient (Wildman–Crippen LogP) is 3.11. The molecule has 0 radical (unpaired) electrons. The summed E-state index contributed by atoms with van der Waals surface area (Å²) in [5, 5.41) is 8.04.